The van der Waals surface area contributed by atoms with Gasteiger partial charge in [-0.3, -0.25) is 0 Å². The summed E-state index contributed by atoms with van der Waals surface area (Å²) >= 11 is 0. The summed E-state index contributed by atoms with van der Waals surface area (Å²) in [6.45, 7) is 10.1. The average Bonchev–Trinajstić information content (AvgIpc) is 2.62. The van der Waals surface area contributed by atoms with Gasteiger partial charge in [0.2, 0.25) is 0 Å². The zero-order valence-corrected chi connectivity index (χ0v) is 13.2. The minimum absolute atomic E-state index is 0.250. The molecule has 19 heavy (non-hydrogen) atoms. The first kappa shape index (κ1) is 15.3. The van der Waals surface area contributed by atoms with Gasteiger partial charge in [0, 0.05) is 18.8 Å². The molecule has 2 heteroatoms. The molecule has 0 spiro atoms. The Balaban J connectivity index is 1.94. The summed E-state index contributed by atoms with van der Waals surface area (Å²) in [4.78, 5) is 0. The molecule has 2 aliphatic rings. The Bertz CT molecular complexity index is 252. The maximum Gasteiger partial charge on any atom is 0.0497 e. The van der Waals surface area contributed by atoms with Gasteiger partial charge >= 0.3 is 0 Å². The molecular weight excluding hydrogens is 234 g/mol. The molecule has 1 saturated carbocycles. The van der Waals surface area contributed by atoms with Crippen molar-refractivity contribution in [1.82, 2.24) is 5.32 Å². The Morgan fingerprint density at radius 1 is 1.00 bits per heavy atom. The van der Waals surface area contributed by atoms with Crippen molar-refractivity contribution in [2.75, 3.05) is 19.8 Å². The van der Waals surface area contributed by atoms with Gasteiger partial charge in [-0.1, -0.05) is 19.3 Å². The van der Waals surface area contributed by atoms with E-state index in [2.05, 4.69) is 26.1 Å². The molecule has 0 amide bonds. The van der Waals surface area contributed by atoms with Crippen molar-refractivity contribution < 1.29 is 4.74 Å². The van der Waals surface area contributed by atoms with Crippen LogP contribution in [0.1, 0.15) is 65.7 Å². The number of rotatable bonds is 3. The highest BCUT2D eigenvalue weighted by molar-refractivity contribution is 4.84. The van der Waals surface area contributed by atoms with Crippen molar-refractivity contribution in [1.29, 1.82) is 0 Å². The molecule has 1 N–H and O–H groups in total. The van der Waals surface area contributed by atoms with Crippen LogP contribution in [0, 0.1) is 17.8 Å². The molecule has 0 aromatic carbocycles. The van der Waals surface area contributed by atoms with Crippen LogP contribution in [0.3, 0.4) is 0 Å². The predicted octanol–water partition coefficient (Wildman–Crippen LogP) is 4.00. The Morgan fingerprint density at radius 2 is 1.79 bits per heavy atom. The molecule has 0 aromatic rings. The molecule has 0 bridgehead atoms. The van der Waals surface area contributed by atoms with Crippen molar-refractivity contribution in [2.24, 2.45) is 17.8 Å². The van der Waals surface area contributed by atoms with E-state index in [9.17, 15) is 0 Å². The Kier molecular flexibility index (Phi) is 5.70. The minimum Gasteiger partial charge on any atom is -0.381 e. The molecule has 2 fully saturated rings. The molecule has 112 valence electrons. The van der Waals surface area contributed by atoms with E-state index >= 15 is 0 Å². The van der Waals surface area contributed by atoms with E-state index in [0.29, 0.717) is 0 Å². The second-order valence-corrected chi connectivity index (χ2v) is 7.67. The minimum atomic E-state index is 0.250. The van der Waals surface area contributed by atoms with Gasteiger partial charge in [0.15, 0.2) is 0 Å². The quantitative estimate of drug-likeness (QED) is 0.780. The van der Waals surface area contributed by atoms with Crippen molar-refractivity contribution in [2.45, 2.75) is 71.3 Å². The average molecular weight is 267 g/mol. The van der Waals surface area contributed by atoms with Gasteiger partial charge in [0.25, 0.3) is 0 Å². The van der Waals surface area contributed by atoms with Gasteiger partial charge in [0.1, 0.15) is 0 Å². The fraction of sp³-hybridized carbons (Fsp3) is 1.00. The maximum absolute atomic E-state index is 5.75. The normalized spacial score (nSPS) is 33.9. The smallest absolute Gasteiger partial charge is 0.0497 e. The lowest BCUT2D eigenvalue weighted by Gasteiger charge is -2.36. The summed E-state index contributed by atoms with van der Waals surface area (Å²) in [5.74, 6) is 2.60. The number of hydrogen-bond acceptors (Lipinski definition) is 2. The molecule has 0 aromatic heterocycles. The summed E-state index contributed by atoms with van der Waals surface area (Å²) < 4.78 is 5.75. The zero-order valence-electron chi connectivity index (χ0n) is 13.2. The van der Waals surface area contributed by atoms with Gasteiger partial charge in [-0.15, -0.1) is 0 Å². The SMILES string of the molecule is CC(C)(C)NCC1CCCCCC1C1CCCOC1. The van der Waals surface area contributed by atoms with Crippen LogP contribution in [0.5, 0.6) is 0 Å². The summed E-state index contributed by atoms with van der Waals surface area (Å²) in [7, 11) is 0. The Labute approximate surface area is 119 Å². The topological polar surface area (TPSA) is 21.3 Å². The van der Waals surface area contributed by atoms with E-state index in [4.69, 9.17) is 4.74 Å². The summed E-state index contributed by atoms with van der Waals surface area (Å²) in [5.41, 5.74) is 0.250. The largest absolute Gasteiger partial charge is 0.381 e. The first-order valence-corrected chi connectivity index (χ1v) is 8.39. The lowest BCUT2D eigenvalue weighted by molar-refractivity contribution is 0.0137. The monoisotopic (exact) mass is 267 g/mol. The van der Waals surface area contributed by atoms with Crippen molar-refractivity contribution in [3.63, 3.8) is 0 Å². The number of ether oxygens (including phenoxy) is 1. The zero-order chi connectivity index (χ0) is 13.7. The second-order valence-electron chi connectivity index (χ2n) is 7.67. The van der Waals surface area contributed by atoms with Gasteiger partial charge in [0.05, 0.1) is 0 Å². The lowest BCUT2D eigenvalue weighted by Crippen LogP contribution is -2.42. The van der Waals surface area contributed by atoms with Crippen molar-refractivity contribution >= 4 is 0 Å². The second kappa shape index (κ2) is 7.08. The number of hydrogen-bond donors (Lipinski definition) is 1. The van der Waals surface area contributed by atoms with Crippen LogP contribution in [0.2, 0.25) is 0 Å². The Hall–Kier alpha value is -0.0800. The molecule has 2 nitrogen and oxygen atoms in total. The van der Waals surface area contributed by atoms with Gasteiger partial charge in [-0.05, 0) is 70.8 Å². The lowest BCUT2D eigenvalue weighted by atomic mass is 9.76. The highest BCUT2D eigenvalue weighted by Gasteiger charge is 2.32. The molecule has 2 rings (SSSR count). The molecule has 3 atom stereocenters. The van der Waals surface area contributed by atoms with Gasteiger partial charge in [-0.25, -0.2) is 0 Å². The fourth-order valence-electron chi connectivity index (χ4n) is 3.83. The Morgan fingerprint density at radius 3 is 2.47 bits per heavy atom. The highest BCUT2D eigenvalue weighted by Crippen LogP contribution is 2.37. The van der Waals surface area contributed by atoms with E-state index in [1.165, 1.54) is 51.5 Å². The van der Waals surface area contributed by atoms with Crippen LogP contribution in [0.25, 0.3) is 0 Å². The molecule has 3 unspecified atom stereocenters. The summed E-state index contributed by atoms with van der Waals surface area (Å²) in [6, 6.07) is 0. The maximum atomic E-state index is 5.75. The van der Waals surface area contributed by atoms with Crippen LogP contribution in [-0.4, -0.2) is 25.3 Å². The van der Waals surface area contributed by atoms with E-state index in [1.807, 2.05) is 0 Å². The molecule has 1 saturated heterocycles. The third kappa shape index (κ3) is 5.07. The molecule has 1 heterocycles. The van der Waals surface area contributed by atoms with E-state index < -0.39 is 0 Å². The summed E-state index contributed by atoms with van der Waals surface area (Å²) in [6.07, 6.45) is 9.84. The van der Waals surface area contributed by atoms with E-state index in [0.717, 1.165) is 31.0 Å². The fourth-order valence-corrected chi connectivity index (χ4v) is 3.83. The van der Waals surface area contributed by atoms with Crippen LogP contribution in [0.15, 0.2) is 0 Å². The standard InChI is InChI=1S/C17H33NO/c1-17(2,3)18-12-14-8-5-4-6-10-16(14)15-9-7-11-19-13-15/h14-16,18H,4-13H2,1-3H3. The van der Waals surface area contributed by atoms with Crippen LogP contribution < -0.4 is 5.32 Å². The van der Waals surface area contributed by atoms with Crippen LogP contribution in [0.4, 0.5) is 0 Å². The van der Waals surface area contributed by atoms with Crippen molar-refractivity contribution in [3.05, 3.63) is 0 Å². The first-order valence-electron chi connectivity index (χ1n) is 8.39. The third-order valence-corrected chi connectivity index (χ3v) is 4.91. The van der Waals surface area contributed by atoms with E-state index in [1.54, 1.807) is 0 Å². The summed E-state index contributed by atoms with van der Waals surface area (Å²) in [5, 5.41) is 3.75. The third-order valence-electron chi connectivity index (χ3n) is 4.91. The van der Waals surface area contributed by atoms with Crippen molar-refractivity contribution in [3.8, 4) is 0 Å². The highest BCUT2D eigenvalue weighted by atomic mass is 16.5. The molecular formula is C17H33NO. The molecule has 1 aliphatic carbocycles. The first-order chi connectivity index (χ1) is 9.06. The van der Waals surface area contributed by atoms with Crippen LogP contribution in [-0.2, 0) is 4.74 Å². The van der Waals surface area contributed by atoms with Gasteiger partial charge in [-0.2, -0.15) is 0 Å². The van der Waals surface area contributed by atoms with E-state index in [-0.39, 0.29) is 5.54 Å². The molecule has 1 aliphatic heterocycles. The predicted molar refractivity (Wildman–Crippen MR) is 81.4 cm³/mol. The number of nitrogens with one attached hydrogen (secondary N) is 1. The molecule has 0 radical (unpaired) electrons. The van der Waals surface area contributed by atoms with Crippen LogP contribution >= 0.6 is 0 Å². The van der Waals surface area contributed by atoms with Gasteiger partial charge < -0.3 is 10.1 Å².